The molecular formula is C23H27NO3S. The summed E-state index contributed by atoms with van der Waals surface area (Å²) in [5, 5.41) is 12.7. The van der Waals surface area contributed by atoms with Gasteiger partial charge in [-0.1, -0.05) is 67.1 Å². The van der Waals surface area contributed by atoms with Gasteiger partial charge in [0.15, 0.2) is 0 Å². The van der Waals surface area contributed by atoms with Crippen LogP contribution in [0.5, 0.6) is 0 Å². The van der Waals surface area contributed by atoms with Crippen molar-refractivity contribution in [2.45, 2.75) is 43.6 Å². The van der Waals surface area contributed by atoms with Crippen LogP contribution in [0.25, 0.3) is 10.8 Å². The number of sulfonamides is 1. The Bertz CT molecular complexity index is 1030. The molecule has 0 bridgehead atoms. The third-order valence-corrected chi connectivity index (χ3v) is 6.55. The van der Waals surface area contributed by atoms with Crippen molar-refractivity contribution in [1.29, 1.82) is 0 Å². The molecule has 0 aliphatic rings. The number of nitrogens with one attached hydrogen (secondary N) is 1. The molecule has 0 spiro atoms. The highest BCUT2D eigenvalue weighted by molar-refractivity contribution is 7.89. The standard InChI is InChI=1S/C23H27NO3S/c1-17-7-11-23(12-8-17)28(26,27)24-14-13-22(25)15-18(2)20-10-9-19-5-3-4-6-21(19)16-20/h3-12,16,18,22,24-25H,13-15H2,1-2H3. The fraction of sp³-hybridized carbons (Fsp3) is 0.304. The van der Waals surface area contributed by atoms with Crippen LogP contribution >= 0.6 is 0 Å². The van der Waals surface area contributed by atoms with Gasteiger partial charge in [0.1, 0.15) is 0 Å². The Kier molecular flexibility index (Phi) is 6.50. The van der Waals surface area contributed by atoms with Gasteiger partial charge in [-0.3, -0.25) is 0 Å². The first-order valence-electron chi connectivity index (χ1n) is 9.58. The summed E-state index contributed by atoms with van der Waals surface area (Å²) in [4.78, 5) is 0.247. The molecule has 0 radical (unpaired) electrons. The first-order valence-corrected chi connectivity index (χ1v) is 11.1. The maximum Gasteiger partial charge on any atom is 0.240 e. The molecule has 3 aromatic rings. The largest absolute Gasteiger partial charge is 0.393 e. The smallest absolute Gasteiger partial charge is 0.240 e. The third kappa shape index (κ3) is 5.19. The van der Waals surface area contributed by atoms with Crippen LogP contribution in [-0.2, 0) is 10.0 Å². The number of hydrogen-bond donors (Lipinski definition) is 2. The predicted octanol–water partition coefficient (Wildman–Crippen LogP) is 4.37. The number of rotatable bonds is 8. The second-order valence-electron chi connectivity index (χ2n) is 7.40. The molecule has 0 fully saturated rings. The zero-order valence-corrected chi connectivity index (χ0v) is 17.1. The van der Waals surface area contributed by atoms with E-state index >= 15 is 0 Å². The van der Waals surface area contributed by atoms with E-state index in [1.165, 1.54) is 16.3 Å². The highest BCUT2D eigenvalue weighted by Crippen LogP contribution is 2.25. The van der Waals surface area contributed by atoms with Gasteiger partial charge < -0.3 is 5.11 Å². The minimum absolute atomic E-state index is 0.188. The highest BCUT2D eigenvalue weighted by atomic mass is 32.2. The van der Waals surface area contributed by atoms with Crippen LogP contribution in [0.2, 0.25) is 0 Å². The summed E-state index contributed by atoms with van der Waals surface area (Å²) < 4.78 is 27.2. The zero-order chi connectivity index (χ0) is 20.1. The van der Waals surface area contributed by atoms with Gasteiger partial charge in [-0.2, -0.15) is 0 Å². The Hall–Kier alpha value is -2.21. The maximum atomic E-state index is 12.3. The molecular weight excluding hydrogens is 370 g/mol. The number of aliphatic hydroxyl groups excluding tert-OH is 1. The minimum Gasteiger partial charge on any atom is -0.393 e. The predicted molar refractivity (Wildman–Crippen MR) is 114 cm³/mol. The third-order valence-electron chi connectivity index (χ3n) is 5.07. The maximum absolute atomic E-state index is 12.3. The van der Waals surface area contributed by atoms with Crippen LogP contribution < -0.4 is 4.72 Å². The summed E-state index contributed by atoms with van der Waals surface area (Å²) in [5.41, 5.74) is 2.19. The summed E-state index contributed by atoms with van der Waals surface area (Å²) >= 11 is 0. The first-order chi connectivity index (χ1) is 13.3. The summed E-state index contributed by atoms with van der Waals surface area (Å²) in [6.07, 6.45) is 0.398. The van der Waals surface area contributed by atoms with Gasteiger partial charge in [0, 0.05) is 6.54 Å². The highest BCUT2D eigenvalue weighted by Gasteiger charge is 2.16. The lowest BCUT2D eigenvalue weighted by molar-refractivity contribution is 0.149. The molecule has 0 saturated carbocycles. The molecule has 2 atom stereocenters. The number of benzene rings is 3. The molecule has 4 nitrogen and oxygen atoms in total. The molecule has 3 rings (SSSR count). The van der Waals surface area contributed by atoms with E-state index in [0.29, 0.717) is 12.8 Å². The van der Waals surface area contributed by atoms with Crippen molar-refractivity contribution in [3.8, 4) is 0 Å². The molecule has 0 heterocycles. The van der Waals surface area contributed by atoms with Crippen LogP contribution in [-0.4, -0.2) is 26.2 Å². The molecule has 2 N–H and O–H groups in total. The summed E-state index contributed by atoms with van der Waals surface area (Å²) in [6, 6.07) is 21.3. The van der Waals surface area contributed by atoms with Crippen molar-refractivity contribution in [1.82, 2.24) is 4.72 Å². The van der Waals surface area contributed by atoms with Crippen molar-refractivity contribution >= 4 is 20.8 Å². The number of aliphatic hydroxyl groups is 1. The Morgan fingerprint density at radius 3 is 2.36 bits per heavy atom. The van der Waals surface area contributed by atoms with Gasteiger partial charge in [-0.05, 0) is 54.2 Å². The fourth-order valence-corrected chi connectivity index (χ4v) is 4.38. The molecule has 2 unspecified atom stereocenters. The van der Waals surface area contributed by atoms with Crippen molar-refractivity contribution in [3.63, 3.8) is 0 Å². The number of fused-ring (bicyclic) bond motifs is 1. The Balaban J connectivity index is 1.53. The second-order valence-corrected chi connectivity index (χ2v) is 9.16. The summed E-state index contributed by atoms with van der Waals surface area (Å²) in [7, 11) is -3.54. The number of aryl methyl sites for hydroxylation is 1. The zero-order valence-electron chi connectivity index (χ0n) is 16.3. The van der Waals surface area contributed by atoms with Crippen LogP contribution in [0.3, 0.4) is 0 Å². The van der Waals surface area contributed by atoms with Crippen LogP contribution in [0.4, 0.5) is 0 Å². The first kappa shape index (κ1) is 20.5. The van der Waals surface area contributed by atoms with E-state index < -0.39 is 16.1 Å². The number of hydrogen-bond acceptors (Lipinski definition) is 3. The van der Waals surface area contributed by atoms with Crippen molar-refractivity contribution in [2.24, 2.45) is 0 Å². The van der Waals surface area contributed by atoms with E-state index in [9.17, 15) is 13.5 Å². The molecule has 0 amide bonds. The van der Waals surface area contributed by atoms with E-state index in [4.69, 9.17) is 0 Å². The van der Waals surface area contributed by atoms with E-state index in [1.807, 2.05) is 19.1 Å². The summed E-state index contributed by atoms with van der Waals surface area (Å²) in [6.45, 7) is 4.21. The fourth-order valence-electron chi connectivity index (χ4n) is 3.34. The average Bonchev–Trinajstić information content (AvgIpc) is 2.67. The van der Waals surface area contributed by atoms with E-state index in [-0.39, 0.29) is 17.4 Å². The summed E-state index contributed by atoms with van der Waals surface area (Å²) in [5.74, 6) is 0.188. The Labute approximate surface area is 167 Å². The van der Waals surface area contributed by atoms with Crippen molar-refractivity contribution in [3.05, 3.63) is 77.9 Å². The van der Waals surface area contributed by atoms with E-state index in [1.54, 1.807) is 24.3 Å². The molecule has 28 heavy (non-hydrogen) atoms. The lowest BCUT2D eigenvalue weighted by Crippen LogP contribution is -2.27. The molecule has 0 aliphatic heterocycles. The molecule has 148 valence electrons. The Morgan fingerprint density at radius 2 is 1.64 bits per heavy atom. The van der Waals surface area contributed by atoms with Crippen molar-refractivity contribution < 1.29 is 13.5 Å². The van der Waals surface area contributed by atoms with E-state index in [2.05, 4.69) is 42.0 Å². The molecule has 5 heteroatoms. The lowest BCUT2D eigenvalue weighted by atomic mass is 9.92. The van der Waals surface area contributed by atoms with Crippen molar-refractivity contribution in [2.75, 3.05) is 6.54 Å². The van der Waals surface area contributed by atoms with Gasteiger partial charge in [0.05, 0.1) is 11.0 Å². The SMILES string of the molecule is Cc1ccc(S(=O)(=O)NCCC(O)CC(C)c2ccc3ccccc3c2)cc1. The van der Waals surface area contributed by atoms with Gasteiger partial charge in [0.2, 0.25) is 10.0 Å². The molecule has 3 aromatic carbocycles. The van der Waals surface area contributed by atoms with Crippen LogP contribution in [0.1, 0.15) is 36.8 Å². The quantitative estimate of drug-likeness (QED) is 0.593. The average molecular weight is 398 g/mol. The lowest BCUT2D eigenvalue weighted by Gasteiger charge is -2.18. The van der Waals surface area contributed by atoms with Gasteiger partial charge >= 0.3 is 0 Å². The monoisotopic (exact) mass is 397 g/mol. The molecule has 0 aromatic heterocycles. The van der Waals surface area contributed by atoms with Gasteiger partial charge in [0.25, 0.3) is 0 Å². The van der Waals surface area contributed by atoms with E-state index in [0.717, 1.165) is 5.56 Å². The Morgan fingerprint density at radius 1 is 0.964 bits per heavy atom. The normalized spacial score (nSPS) is 14.1. The van der Waals surface area contributed by atoms with Gasteiger partial charge in [-0.15, -0.1) is 0 Å². The topological polar surface area (TPSA) is 66.4 Å². The van der Waals surface area contributed by atoms with Gasteiger partial charge in [-0.25, -0.2) is 13.1 Å². The molecule has 0 saturated heterocycles. The van der Waals surface area contributed by atoms with Crippen LogP contribution in [0, 0.1) is 6.92 Å². The second kappa shape index (κ2) is 8.86. The van der Waals surface area contributed by atoms with Crippen LogP contribution in [0.15, 0.2) is 71.6 Å². The molecule has 0 aliphatic carbocycles. The minimum atomic E-state index is -3.54.